The van der Waals surface area contributed by atoms with Gasteiger partial charge in [0.2, 0.25) is 0 Å². The summed E-state index contributed by atoms with van der Waals surface area (Å²) in [5, 5.41) is 9.02. The van der Waals surface area contributed by atoms with Gasteiger partial charge in [-0.1, -0.05) is 19.9 Å². The Balaban J connectivity index is 2.00. The standard InChI is InChI=1S/C17H30N4OS/c1-4-18-17(19-12-14(2)3)20-13-15(16-6-5-11-23-16)21-7-9-22-10-8-21/h5-6,11,14-15H,4,7-10,12-13H2,1-3H3,(H2,18,19,20). The second kappa shape index (κ2) is 9.90. The summed E-state index contributed by atoms with van der Waals surface area (Å²) in [5.41, 5.74) is 0. The SMILES string of the molecule is CCNC(=NCC(C)C)NCC(c1cccs1)N1CCOCC1. The molecule has 0 aliphatic carbocycles. The van der Waals surface area contributed by atoms with E-state index >= 15 is 0 Å². The Bertz CT molecular complexity index is 455. The summed E-state index contributed by atoms with van der Waals surface area (Å²) < 4.78 is 5.50. The number of ether oxygens (including phenoxy) is 1. The van der Waals surface area contributed by atoms with Gasteiger partial charge in [0.05, 0.1) is 19.3 Å². The number of morpholine rings is 1. The zero-order valence-corrected chi connectivity index (χ0v) is 15.4. The van der Waals surface area contributed by atoms with Gasteiger partial charge in [0.15, 0.2) is 5.96 Å². The summed E-state index contributed by atoms with van der Waals surface area (Å²) in [6.07, 6.45) is 0. The third-order valence-corrected chi connectivity index (χ3v) is 4.75. The summed E-state index contributed by atoms with van der Waals surface area (Å²) >= 11 is 1.83. The quantitative estimate of drug-likeness (QED) is 0.592. The van der Waals surface area contributed by atoms with Gasteiger partial charge in [0.1, 0.15) is 0 Å². The van der Waals surface area contributed by atoms with E-state index < -0.39 is 0 Å². The molecule has 1 aromatic rings. The van der Waals surface area contributed by atoms with Crippen LogP contribution in [0, 0.1) is 5.92 Å². The van der Waals surface area contributed by atoms with Gasteiger partial charge in [-0.05, 0) is 24.3 Å². The molecule has 1 aliphatic heterocycles. The predicted octanol–water partition coefficient (Wildman–Crippen LogP) is 2.33. The van der Waals surface area contributed by atoms with Crippen molar-refractivity contribution < 1.29 is 4.74 Å². The average Bonchev–Trinajstić information content (AvgIpc) is 3.08. The Morgan fingerprint density at radius 1 is 1.35 bits per heavy atom. The molecule has 0 bridgehead atoms. The predicted molar refractivity (Wildman–Crippen MR) is 98.3 cm³/mol. The molecule has 1 saturated heterocycles. The molecule has 2 rings (SSSR count). The molecule has 0 amide bonds. The maximum Gasteiger partial charge on any atom is 0.191 e. The zero-order chi connectivity index (χ0) is 16.5. The summed E-state index contributed by atoms with van der Waals surface area (Å²) in [5.74, 6) is 1.48. The lowest BCUT2D eigenvalue weighted by Gasteiger charge is -2.34. The van der Waals surface area contributed by atoms with Gasteiger partial charge >= 0.3 is 0 Å². The fourth-order valence-corrected chi connectivity index (χ4v) is 3.45. The van der Waals surface area contributed by atoms with Crippen LogP contribution in [0.5, 0.6) is 0 Å². The zero-order valence-electron chi connectivity index (χ0n) is 14.5. The fourth-order valence-electron chi connectivity index (χ4n) is 2.59. The number of hydrogen-bond acceptors (Lipinski definition) is 4. The Kier molecular flexibility index (Phi) is 7.85. The second-order valence-electron chi connectivity index (χ2n) is 6.17. The van der Waals surface area contributed by atoms with Crippen LogP contribution in [0.1, 0.15) is 31.7 Å². The minimum absolute atomic E-state index is 0.377. The maximum atomic E-state index is 5.50. The highest BCUT2D eigenvalue weighted by atomic mass is 32.1. The summed E-state index contributed by atoms with van der Waals surface area (Å²) in [7, 11) is 0. The molecule has 1 atom stereocenters. The minimum atomic E-state index is 0.377. The minimum Gasteiger partial charge on any atom is -0.379 e. The van der Waals surface area contributed by atoms with E-state index in [4.69, 9.17) is 4.74 Å². The lowest BCUT2D eigenvalue weighted by atomic mass is 10.2. The molecule has 1 unspecified atom stereocenters. The number of rotatable bonds is 7. The number of nitrogens with zero attached hydrogens (tertiary/aromatic N) is 2. The van der Waals surface area contributed by atoms with Crippen molar-refractivity contribution in [3.63, 3.8) is 0 Å². The average molecular weight is 339 g/mol. The number of thiophene rings is 1. The lowest BCUT2D eigenvalue weighted by molar-refractivity contribution is 0.0177. The van der Waals surface area contributed by atoms with Crippen LogP contribution in [0.15, 0.2) is 22.5 Å². The molecule has 0 radical (unpaired) electrons. The molecular formula is C17H30N4OS. The van der Waals surface area contributed by atoms with Gasteiger partial charge in [-0.25, -0.2) is 0 Å². The first kappa shape index (κ1) is 18.2. The summed E-state index contributed by atoms with van der Waals surface area (Å²) in [4.78, 5) is 8.58. The van der Waals surface area contributed by atoms with E-state index in [0.29, 0.717) is 12.0 Å². The lowest BCUT2D eigenvalue weighted by Crippen LogP contribution is -2.46. The monoisotopic (exact) mass is 338 g/mol. The van der Waals surface area contributed by atoms with Crippen molar-refractivity contribution >= 4 is 17.3 Å². The van der Waals surface area contributed by atoms with Crippen LogP contribution >= 0.6 is 11.3 Å². The van der Waals surface area contributed by atoms with Crippen molar-refractivity contribution in [3.05, 3.63) is 22.4 Å². The molecule has 5 nitrogen and oxygen atoms in total. The van der Waals surface area contributed by atoms with Gasteiger partial charge in [-0.2, -0.15) is 0 Å². The van der Waals surface area contributed by atoms with Crippen LogP contribution in [0.4, 0.5) is 0 Å². The number of nitrogens with one attached hydrogen (secondary N) is 2. The molecule has 6 heteroatoms. The first-order valence-electron chi connectivity index (χ1n) is 8.58. The van der Waals surface area contributed by atoms with Gasteiger partial charge in [-0.15, -0.1) is 11.3 Å². The topological polar surface area (TPSA) is 48.9 Å². The van der Waals surface area contributed by atoms with Crippen molar-refractivity contribution in [2.75, 3.05) is 45.9 Å². The smallest absolute Gasteiger partial charge is 0.191 e. The molecule has 0 aromatic carbocycles. The Morgan fingerprint density at radius 3 is 2.74 bits per heavy atom. The molecule has 1 fully saturated rings. The van der Waals surface area contributed by atoms with Crippen LogP contribution in [-0.4, -0.2) is 56.8 Å². The molecule has 0 spiro atoms. The van der Waals surface area contributed by atoms with E-state index in [9.17, 15) is 0 Å². The molecular weight excluding hydrogens is 308 g/mol. The summed E-state index contributed by atoms with van der Waals surface area (Å²) in [6, 6.07) is 4.73. The molecule has 2 heterocycles. The molecule has 1 aliphatic rings. The van der Waals surface area contributed by atoms with Gasteiger partial charge in [0.25, 0.3) is 0 Å². The largest absolute Gasteiger partial charge is 0.379 e. The highest BCUT2D eigenvalue weighted by molar-refractivity contribution is 7.10. The Labute approximate surface area is 144 Å². The molecule has 0 saturated carbocycles. The van der Waals surface area contributed by atoms with E-state index in [1.165, 1.54) is 4.88 Å². The number of guanidine groups is 1. The number of aliphatic imine (C=N–C) groups is 1. The molecule has 1 aromatic heterocycles. The first-order valence-corrected chi connectivity index (χ1v) is 9.46. The Morgan fingerprint density at radius 2 is 2.13 bits per heavy atom. The van der Waals surface area contributed by atoms with Gasteiger partial charge in [0, 0.05) is 37.6 Å². The van der Waals surface area contributed by atoms with Gasteiger partial charge < -0.3 is 15.4 Å². The van der Waals surface area contributed by atoms with Crippen molar-refractivity contribution in [1.29, 1.82) is 0 Å². The molecule has 130 valence electrons. The third kappa shape index (κ3) is 6.12. The first-order chi connectivity index (χ1) is 11.2. The highest BCUT2D eigenvalue weighted by Crippen LogP contribution is 2.25. The fraction of sp³-hybridized carbons (Fsp3) is 0.706. The second-order valence-corrected chi connectivity index (χ2v) is 7.15. The van der Waals surface area contributed by atoms with Crippen molar-refractivity contribution in [2.45, 2.75) is 26.8 Å². The van der Waals surface area contributed by atoms with Gasteiger partial charge in [-0.3, -0.25) is 9.89 Å². The highest BCUT2D eigenvalue weighted by Gasteiger charge is 2.23. The van der Waals surface area contributed by atoms with E-state index in [1.54, 1.807) is 0 Å². The summed E-state index contributed by atoms with van der Waals surface area (Å²) in [6.45, 7) is 12.7. The van der Waals surface area contributed by atoms with Crippen LogP contribution in [-0.2, 0) is 4.74 Å². The van der Waals surface area contributed by atoms with Crippen LogP contribution < -0.4 is 10.6 Å². The third-order valence-electron chi connectivity index (χ3n) is 3.78. The van der Waals surface area contributed by atoms with Crippen LogP contribution in [0.2, 0.25) is 0 Å². The van der Waals surface area contributed by atoms with Crippen molar-refractivity contribution in [1.82, 2.24) is 15.5 Å². The van der Waals surface area contributed by atoms with E-state index in [1.807, 2.05) is 11.3 Å². The van der Waals surface area contributed by atoms with E-state index in [0.717, 1.165) is 51.9 Å². The van der Waals surface area contributed by atoms with Crippen LogP contribution in [0.25, 0.3) is 0 Å². The van der Waals surface area contributed by atoms with Crippen molar-refractivity contribution in [2.24, 2.45) is 10.9 Å². The normalized spacial score (nSPS) is 18.2. The Hall–Kier alpha value is -1.11. The van der Waals surface area contributed by atoms with Crippen LogP contribution in [0.3, 0.4) is 0 Å². The number of hydrogen-bond donors (Lipinski definition) is 2. The van der Waals surface area contributed by atoms with E-state index in [-0.39, 0.29) is 0 Å². The maximum absolute atomic E-state index is 5.50. The van der Waals surface area contributed by atoms with Crippen molar-refractivity contribution in [3.8, 4) is 0 Å². The molecule has 23 heavy (non-hydrogen) atoms. The molecule has 2 N–H and O–H groups in total. The van der Waals surface area contributed by atoms with E-state index in [2.05, 4.69) is 58.8 Å².